The van der Waals surface area contributed by atoms with Crippen LogP contribution in [-0.4, -0.2) is 78.1 Å². The van der Waals surface area contributed by atoms with Gasteiger partial charge in [0, 0.05) is 6.42 Å². The molecule has 0 aliphatic carbocycles. The van der Waals surface area contributed by atoms with Gasteiger partial charge in [0.1, 0.15) is 31.5 Å². The average Bonchev–Trinajstić information content (AvgIpc) is 2.79. The molecule has 2 atom stereocenters. The first kappa shape index (κ1) is 20.5. The Morgan fingerprint density at radius 3 is 2.57 bits per heavy atom. The molecule has 0 fully saturated rings. The van der Waals surface area contributed by atoms with Gasteiger partial charge in [-0.15, -0.1) is 0 Å². The SMILES string of the molecule is CCCCCCCC1=NCC[N+]1(CCO)CC(O)CS(=O)(=O)O. The van der Waals surface area contributed by atoms with E-state index in [-0.39, 0.29) is 13.2 Å². The van der Waals surface area contributed by atoms with E-state index in [1.165, 1.54) is 19.3 Å². The second-order valence-electron chi connectivity index (χ2n) is 6.36. The number of aliphatic hydroxyl groups is 2. The molecule has 1 aliphatic heterocycles. The Balaban J connectivity index is 2.64. The molecule has 8 heteroatoms. The molecule has 0 aromatic rings. The van der Waals surface area contributed by atoms with Crippen molar-refractivity contribution in [3.63, 3.8) is 0 Å². The first-order valence-corrected chi connectivity index (χ1v) is 10.1. The number of amidine groups is 1. The molecule has 2 unspecified atom stereocenters. The normalized spacial score (nSPS) is 23.0. The number of aliphatic imine (C=N–C) groups is 1. The standard InChI is InChI=1S/C15H30N2O5S/c1-2-3-4-5-6-7-15-16-8-9-17(15,10-11-18)12-14(19)13-23(20,21)22/h14,18-19H,2-13H2,1H3/p+1. The number of aliphatic hydroxyl groups excluding tert-OH is 2. The lowest BCUT2D eigenvalue weighted by Crippen LogP contribution is -2.57. The van der Waals surface area contributed by atoms with Crippen molar-refractivity contribution in [1.29, 1.82) is 0 Å². The van der Waals surface area contributed by atoms with Crippen LogP contribution in [0.5, 0.6) is 0 Å². The molecule has 7 nitrogen and oxygen atoms in total. The third-order valence-corrected chi connectivity index (χ3v) is 5.17. The maximum atomic E-state index is 10.9. The number of hydrogen-bond donors (Lipinski definition) is 3. The van der Waals surface area contributed by atoms with Crippen molar-refractivity contribution in [2.75, 3.05) is 38.5 Å². The molecule has 3 N–H and O–H groups in total. The Morgan fingerprint density at radius 1 is 1.26 bits per heavy atom. The number of nitrogens with zero attached hydrogens (tertiary/aromatic N) is 2. The molecule has 136 valence electrons. The molecule has 0 saturated carbocycles. The summed E-state index contributed by atoms with van der Waals surface area (Å²) in [4.78, 5) is 4.53. The molecule has 0 amide bonds. The Labute approximate surface area is 139 Å². The Morgan fingerprint density at radius 2 is 1.96 bits per heavy atom. The highest BCUT2D eigenvalue weighted by molar-refractivity contribution is 7.85. The predicted octanol–water partition coefficient (Wildman–Crippen LogP) is 0.817. The van der Waals surface area contributed by atoms with Gasteiger partial charge in [0.05, 0.1) is 13.2 Å². The van der Waals surface area contributed by atoms with Gasteiger partial charge in [-0.25, -0.2) is 4.99 Å². The summed E-state index contributed by atoms with van der Waals surface area (Å²) in [6, 6.07) is 0. The van der Waals surface area contributed by atoms with E-state index in [4.69, 9.17) is 4.55 Å². The van der Waals surface area contributed by atoms with Gasteiger partial charge in [-0.2, -0.15) is 8.42 Å². The minimum Gasteiger partial charge on any atom is -0.390 e. The summed E-state index contributed by atoms with van der Waals surface area (Å²) in [6.07, 6.45) is 5.37. The molecule has 1 aliphatic rings. The zero-order valence-electron chi connectivity index (χ0n) is 14.0. The molecule has 1 rings (SSSR count). The summed E-state index contributed by atoms with van der Waals surface area (Å²) in [5, 5.41) is 19.4. The fourth-order valence-electron chi connectivity index (χ4n) is 3.27. The molecule has 0 spiro atoms. The van der Waals surface area contributed by atoms with Crippen molar-refractivity contribution in [2.45, 2.75) is 51.6 Å². The van der Waals surface area contributed by atoms with Crippen molar-refractivity contribution in [1.82, 2.24) is 0 Å². The van der Waals surface area contributed by atoms with Crippen LogP contribution in [0.15, 0.2) is 4.99 Å². The van der Waals surface area contributed by atoms with Crippen molar-refractivity contribution in [2.24, 2.45) is 4.99 Å². The van der Waals surface area contributed by atoms with Crippen molar-refractivity contribution < 1.29 is 27.7 Å². The predicted molar refractivity (Wildman–Crippen MR) is 90.0 cm³/mol. The molecule has 0 aromatic heterocycles. The molecule has 0 bridgehead atoms. The lowest BCUT2D eigenvalue weighted by Gasteiger charge is -2.35. The van der Waals surface area contributed by atoms with Gasteiger partial charge in [0.2, 0.25) is 0 Å². The lowest BCUT2D eigenvalue weighted by molar-refractivity contribution is -0.840. The Hall–Kier alpha value is -0.540. The van der Waals surface area contributed by atoms with E-state index < -0.39 is 22.0 Å². The van der Waals surface area contributed by atoms with Crippen molar-refractivity contribution in [3.8, 4) is 0 Å². The largest absolute Gasteiger partial charge is 0.390 e. The van der Waals surface area contributed by atoms with Gasteiger partial charge in [0.15, 0.2) is 5.84 Å². The van der Waals surface area contributed by atoms with Gasteiger partial charge >= 0.3 is 0 Å². The lowest BCUT2D eigenvalue weighted by atomic mass is 10.1. The van der Waals surface area contributed by atoms with Crippen LogP contribution in [-0.2, 0) is 10.1 Å². The highest BCUT2D eigenvalue weighted by Crippen LogP contribution is 2.21. The van der Waals surface area contributed by atoms with Crippen LogP contribution < -0.4 is 0 Å². The monoisotopic (exact) mass is 351 g/mol. The molecule has 1 heterocycles. The van der Waals surface area contributed by atoms with E-state index in [1.54, 1.807) is 0 Å². The van der Waals surface area contributed by atoms with Crippen LogP contribution >= 0.6 is 0 Å². The van der Waals surface area contributed by atoms with Gasteiger partial charge in [-0.3, -0.25) is 9.04 Å². The minimum absolute atomic E-state index is 0.0482. The summed E-state index contributed by atoms with van der Waals surface area (Å²) in [5.41, 5.74) is 0. The van der Waals surface area contributed by atoms with E-state index in [0.717, 1.165) is 25.1 Å². The number of hydrogen-bond acceptors (Lipinski definition) is 5. The summed E-state index contributed by atoms with van der Waals surface area (Å²) >= 11 is 0. The molecule has 0 saturated heterocycles. The minimum atomic E-state index is -4.21. The number of unbranched alkanes of at least 4 members (excludes halogenated alkanes) is 4. The van der Waals surface area contributed by atoms with Gasteiger partial charge in [-0.1, -0.05) is 32.6 Å². The summed E-state index contributed by atoms with van der Waals surface area (Å²) < 4.78 is 31.1. The third-order valence-electron chi connectivity index (χ3n) is 4.37. The fourth-order valence-corrected chi connectivity index (χ4v) is 3.86. The second-order valence-corrected chi connectivity index (χ2v) is 7.86. The quantitative estimate of drug-likeness (QED) is 0.274. The number of quaternary nitrogens is 1. The van der Waals surface area contributed by atoms with Crippen LogP contribution in [0.2, 0.25) is 0 Å². The Bertz CT molecular complexity index is 480. The molecule has 0 aromatic carbocycles. The number of rotatable bonds is 12. The maximum Gasteiger partial charge on any atom is 0.267 e. The molecule has 23 heavy (non-hydrogen) atoms. The van der Waals surface area contributed by atoms with E-state index in [1.807, 2.05) is 0 Å². The van der Waals surface area contributed by atoms with Gasteiger partial charge in [0.25, 0.3) is 10.1 Å². The first-order chi connectivity index (χ1) is 10.8. The highest BCUT2D eigenvalue weighted by Gasteiger charge is 2.39. The van der Waals surface area contributed by atoms with E-state index in [9.17, 15) is 18.6 Å². The smallest absolute Gasteiger partial charge is 0.267 e. The van der Waals surface area contributed by atoms with Crippen molar-refractivity contribution in [3.05, 3.63) is 0 Å². The van der Waals surface area contributed by atoms with Crippen LogP contribution in [0.3, 0.4) is 0 Å². The van der Waals surface area contributed by atoms with E-state index in [2.05, 4.69) is 11.9 Å². The fraction of sp³-hybridized carbons (Fsp3) is 0.933. The average molecular weight is 351 g/mol. The van der Waals surface area contributed by atoms with E-state index >= 15 is 0 Å². The van der Waals surface area contributed by atoms with E-state index in [0.29, 0.717) is 24.1 Å². The van der Waals surface area contributed by atoms with Gasteiger partial charge in [-0.05, 0) is 6.42 Å². The van der Waals surface area contributed by atoms with Crippen LogP contribution in [0.25, 0.3) is 0 Å². The maximum absolute atomic E-state index is 10.9. The topological polar surface area (TPSA) is 107 Å². The first-order valence-electron chi connectivity index (χ1n) is 8.47. The van der Waals surface area contributed by atoms with Crippen LogP contribution in [0.1, 0.15) is 45.4 Å². The van der Waals surface area contributed by atoms with Crippen molar-refractivity contribution >= 4 is 16.0 Å². The Kier molecular flexibility index (Phi) is 8.63. The molecule has 0 radical (unpaired) electrons. The summed E-state index contributed by atoms with van der Waals surface area (Å²) in [6.45, 7) is 3.98. The van der Waals surface area contributed by atoms with Crippen LogP contribution in [0.4, 0.5) is 0 Å². The van der Waals surface area contributed by atoms with Crippen LogP contribution in [0, 0.1) is 0 Å². The zero-order chi connectivity index (χ0) is 17.3. The summed E-state index contributed by atoms with van der Waals surface area (Å²) in [5.74, 6) is 0.257. The molecular weight excluding hydrogens is 320 g/mol. The third kappa shape index (κ3) is 7.26. The second kappa shape index (κ2) is 9.68. The molecular formula is C15H31N2O5S+. The highest BCUT2D eigenvalue weighted by atomic mass is 32.2. The zero-order valence-corrected chi connectivity index (χ0v) is 14.8. The van der Waals surface area contributed by atoms with Gasteiger partial charge < -0.3 is 10.2 Å². The summed E-state index contributed by atoms with van der Waals surface area (Å²) in [7, 11) is -4.21.